The third kappa shape index (κ3) is 15.8. The van der Waals surface area contributed by atoms with Crippen LogP contribution >= 0.6 is 0 Å². The van der Waals surface area contributed by atoms with E-state index in [1.54, 1.807) is 28.4 Å². The Balaban J connectivity index is 0.000000542. The van der Waals surface area contributed by atoms with E-state index in [-0.39, 0.29) is 24.8 Å². The van der Waals surface area contributed by atoms with Gasteiger partial charge in [0.15, 0.2) is 0 Å². The number of aryl methyl sites for hydroxylation is 4. The molecule has 0 aliphatic heterocycles. The fraction of sp³-hybridized carbons (Fsp3) is 0.500. The Kier molecular flexibility index (Phi) is 23.8. The molecule has 4 rings (SSSR count). The number of aromatic nitrogens is 4. The zero-order valence-electron chi connectivity index (χ0n) is 34.4. The van der Waals surface area contributed by atoms with Gasteiger partial charge < -0.3 is 62.0 Å². The van der Waals surface area contributed by atoms with Crippen molar-refractivity contribution in [2.24, 2.45) is 48.6 Å². The van der Waals surface area contributed by atoms with Gasteiger partial charge in [0.05, 0.1) is 53.0 Å². The number of nitrogens with zero attached hydrogens (tertiary/aromatic N) is 8. The number of imidazole rings is 2. The molecular formula is C36H60Cl2N10O6Si2. The highest BCUT2D eigenvalue weighted by molar-refractivity contribution is 6.61. The average molecular weight is 856 g/mol. The van der Waals surface area contributed by atoms with E-state index in [9.17, 15) is 0 Å². The predicted molar refractivity (Wildman–Crippen MR) is 213 cm³/mol. The molecule has 0 aliphatic carbocycles. The van der Waals surface area contributed by atoms with Crippen molar-refractivity contribution in [3.8, 4) is 0 Å². The van der Waals surface area contributed by atoms with Gasteiger partial charge in [-0.3, -0.25) is 0 Å². The third-order valence-electron chi connectivity index (χ3n) is 8.48. The summed E-state index contributed by atoms with van der Waals surface area (Å²) in [6, 6.07) is 17.3. The maximum absolute atomic E-state index is 5.80. The van der Waals surface area contributed by atoms with Gasteiger partial charge in [-0.2, -0.15) is 0 Å². The summed E-state index contributed by atoms with van der Waals surface area (Å²) < 4.78 is 41.1. The lowest BCUT2D eigenvalue weighted by Gasteiger charge is -2.27. The Hall–Kier alpha value is -3.57. The highest BCUT2D eigenvalue weighted by Crippen LogP contribution is 2.22. The minimum atomic E-state index is -2.53. The SMILES string of the molecule is CCO[Si](CCCNc1ccc(N=Nc2n(C)cc[n+]2C)cc1)(OC)OCC.CO[Si](CCCNc1ccc(N=Nc2n(C)cc[n+]2C)cc1)(OC)OC.[Cl-].[Cl-]. The van der Waals surface area contributed by atoms with E-state index < -0.39 is 17.6 Å². The first-order chi connectivity index (χ1) is 26.1. The van der Waals surface area contributed by atoms with Crippen LogP contribution < -0.4 is 44.6 Å². The molecule has 0 saturated heterocycles. The van der Waals surface area contributed by atoms with Gasteiger partial charge in [0.1, 0.15) is 11.4 Å². The molecule has 0 bridgehead atoms. The first-order valence-corrected chi connectivity index (χ1v) is 21.9. The van der Waals surface area contributed by atoms with Crippen molar-refractivity contribution in [2.75, 3.05) is 65.4 Å². The second-order valence-electron chi connectivity index (χ2n) is 12.2. The molecule has 20 heteroatoms. The molecule has 56 heavy (non-hydrogen) atoms. The van der Waals surface area contributed by atoms with Crippen LogP contribution in [0.5, 0.6) is 0 Å². The molecule has 4 aromatic rings. The zero-order chi connectivity index (χ0) is 39.4. The van der Waals surface area contributed by atoms with Gasteiger partial charge in [0, 0.05) is 88.4 Å². The largest absolute Gasteiger partial charge is 1.00 e. The molecule has 0 spiro atoms. The Morgan fingerprint density at radius 3 is 1.23 bits per heavy atom. The normalized spacial score (nSPS) is 11.6. The average Bonchev–Trinajstić information content (AvgIpc) is 3.69. The molecular weight excluding hydrogens is 796 g/mol. The second-order valence-corrected chi connectivity index (χ2v) is 18.2. The van der Waals surface area contributed by atoms with Gasteiger partial charge in [0.25, 0.3) is 0 Å². The lowest BCUT2D eigenvalue weighted by Crippen LogP contribution is -3.00. The minimum Gasteiger partial charge on any atom is -1.00 e. The van der Waals surface area contributed by atoms with Gasteiger partial charge in [-0.25, -0.2) is 18.3 Å². The molecule has 0 amide bonds. The van der Waals surface area contributed by atoms with Gasteiger partial charge in [0.2, 0.25) is 0 Å². The van der Waals surface area contributed by atoms with Gasteiger partial charge >= 0.3 is 29.5 Å². The summed E-state index contributed by atoms with van der Waals surface area (Å²) in [4.78, 5) is 0. The number of benzene rings is 2. The summed E-state index contributed by atoms with van der Waals surface area (Å²) in [7, 11) is 9.33. The fourth-order valence-electron chi connectivity index (χ4n) is 5.42. The van der Waals surface area contributed by atoms with Crippen LogP contribution in [0.15, 0.2) is 93.8 Å². The van der Waals surface area contributed by atoms with E-state index >= 15 is 0 Å². The molecule has 0 atom stereocenters. The Morgan fingerprint density at radius 1 is 0.571 bits per heavy atom. The van der Waals surface area contributed by atoms with Crippen LogP contribution in [-0.4, -0.2) is 81.5 Å². The molecule has 312 valence electrons. The first-order valence-electron chi connectivity index (χ1n) is 18.1. The van der Waals surface area contributed by atoms with E-state index in [1.807, 2.05) is 134 Å². The van der Waals surface area contributed by atoms with Crippen molar-refractivity contribution < 1.29 is 60.5 Å². The van der Waals surface area contributed by atoms with Crippen molar-refractivity contribution in [3.63, 3.8) is 0 Å². The van der Waals surface area contributed by atoms with Gasteiger partial charge in [-0.05, 0) is 75.2 Å². The summed E-state index contributed by atoms with van der Waals surface area (Å²) in [5.41, 5.74) is 3.69. The predicted octanol–water partition coefficient (Wildman–Crippen LogP) is 0.678. The summed E-state index contributed by atoms with van der Waals surface area (Å²) in [6.07, 6.45) is 9.57. The summed E-state index contributed by atoms with van der Waals surface area (Å²) in [5.74, 6) is 1.57. The smallest absolute Gasteiger partial charge is 0.500 e. The fourth-order valence-corrected chi connectivity index (χ4v) is 9.44. The maximum Gasteiger partial charge on any atom is 0.500 e. The number of azo groups is 2. The van der Waals surface area contributed by atoms with Crippen molar-refractivity contribution >= 4 is 52.3 Å². The summed E-state index contributed by atoms with van der Waals surface area (Å²) in [5, 5.41) is 24.0. The summed E-state index contributed by atoms with van der Waals surface area (Å²) in [6.45, 7) is 6.77. The number of hydrogen-bond donors (Lipinski definition) is 2. The van der Waals surface area contributed by atoms with Gasteiger partial charge in [-0.15, -0.1) is 0 Å². The Labute approximate surface area is 346 Å². The number of anilines is 2. The van der Waals surface area contributed by atoms with Crippen molar-refractivity contribution in [3.05, 3.63) is 73.3 Å². The molecule has 0 radical (unpaired) electrons. The van der Waals surface area contributed by atoms with Crippen molar-refractivity contribution in [1.82, 2.24) is 9.13 Å². The molecule has 0 aliphatic rings. The number of halogens is 2. The van der Waals surface area contributed by atoms with Crippen LogP contribution in [0, 0.1) is 0 Å². The quantitative estimate of drug-likeness (QED) is 0.0509. The number of nitrogens with one attached hydrogen (secondary N) is 2. The van der Waals surface area contributed by atoms with E-state index in [1.165, 1.54) is 0 Å². The van der Waals surface area contributed by atoms with Gasteiger partial charge in [-0.1, -0.05) is 10.2 Å². The first kappa shape index (κ1) is 50.5. The lowest BCUT2D eigenvalue weighted by atomic mass is 10.3. The van der Waals surface area contributed by atoms with Crippen molar-refractivity contribution in [2.45, 2.75) is 38.8 Å². The number of rotatable bonds is 22. The van der Waals surface area contributed by atoms with Crippen LogP contribution in [0.25, 0.3) is 0 Å². The van der Waals surface area contributed by atoms with Crippen LogP contribution in [0.4, 0.5) is 34.6 Å². The molecule has 16 nitrogen and oxygen atoms in total. The second kappa shape index (κ2) is 26.4. The third-order valence-corrected chi connectivity index (χ3v) is 14.4. The Bertz CT molecular complexity index is 1670. The van der Waals surface area contributed by atoms with E-state index in [2.05, 4.69) is 31.1 Å². The highest BCUT2D eigenvalue weighted by atomic mass is 35.5. The monoisotopic (exact) mass is 854 g/mol. The Morgan fingerprint density at radius 2 is 0.929 bits per heavy atom. The molecule has 0 fully saturated rings. The molecule has 2 heterocycles. The molecule has 2 aromatic carbocycles. The lowest BCUT2D eigenvalue weighted by molar-refractivity contribution is -0.657. The molecule has 0 saturated carbocycles. The zero-order valence-corrected chi connectivity index (χ0v) is 37.9. The van der Waals surface area contributed by atoms with Crippen LogP contribution in [0.1, 0.15) is 26.7 Å². The van der Waals surface area contributed by atoms with Crippen molar-refractivity contribution in [1.29, 1.82) is 0 Å². The van der Waals surface area contributed by atoms with E-state index in [0.29, 0.717) is 13.2 Å². The maximum atomic E-state index is 5.80. The van der Waals surface area contributed by atoms with Crippen LogP contribution in [0.3, 0.4) is 0 Å². The molecule has 0 unspecified atom stereocenters. The topological polar surface area (TPSA) is 146 Å². The molecule has 2 N–H and O–H groups in total. The standard InChI is InChI=1S/C19H31N5O3Si.C17H27N5O3Si.2ClH/c1-6-26-28(25-5,27-7-2)16-8-13-20-17-9-11-18(12-10-17)21-22-19-23(3)14-15-24(19)4;1-21-12-13-22(2)17(21)20-19-16-9-7-15(8-10-16)18-11-6-14-26(23-3,24-4)25-5;;/h9-12,14-15H,6-8,13,16H2,1-5H3;7-10,12-13H,6,11,14H2,1-5H3;2*1H. The minimum absolute atomic E-state index is 0. The van der Waals surface area contributed by atoms with Crippen LogP contribution in [0.2, 0.25) is 12.1 Å². The van der Waals surface area contributed by atoms with Crippen LogP contribution in [-0.2, 0) is 54.7 Å². The number of hydrogen-bond acceptors (Lipinski definition) is 12. The summed E-state index contributed by atoms with van der Waals surface area (Å²) >= 11 is 0. The highest BCUT2D eigenvalue weighted by Gasteiger charge is 2.39. The molecule has 2 aromatic heterocycles. The van der Waals surface area contributed by atoms with E-state index in [0.717, 1.165) is 72.7 Å². The van der Waals surface area contributed by atoms with E-state index in [4.69, 9.17) is 26.6 Å².